The van der Waals surface area contributed by atoms with Gasteiger partial charge in [-0.1, -0.05) is 0 Å². The van der Waals surface area contributed by atoms with Crippen LogP contribution < -0.4 is 29.0 Å². The third-order valence-corrected chi connectivity index (χ3v) is 5.95. The lowest BCUT2D eigenvalue weighted by Crippen LogP contribution is -2.46. The Labute approximate surface area is 201 Å². The minimum absolute atomic E-state index is 0.0576. The summed E-state index contributed by atoms with van der Waals surface area (Å²) < 4.78 is 26.9. The van der Waals surface area contributed by atoms with Crippen LogP contribution in [-0.4, -0.2) is 84.0 Å². The summed E-state index contributed by atoms with van der Waals surface area (Å²) in [7, 11) is 8.00. The summed E-state index contributed by atoms with van der Waals surface area (Å²) in [5, 5.41) is 2.93. The van der Waals surface area contributed by atoms with Crippen LogP contribution in [0.4, 0.5) is 5.69 Å². The van der Waals surface area contributed by atoms with Crippen LogP contribution in [0.3, 0.4) is 0 Å². The fraction of sp³-hybridized carbons (Fsp3) is 0.480. The number of hydrogen-bond donors (Lipinski definition) is 1. The Bertz CT molecular complexity index is 935. The highest BCUT2D eigenvalue weighted by molar-refractivity contribution is 5.91. The van der Waals surface area contributed by atoms with Crippen LogP contribution in [-0.2, 0) is 11.3 Å². The first kappa shape index (κ1) is 25.5. The second-order valence-electron chi connectivity index (χ2n) is 8.01. The number of methoxy groups -OCH3 is 5. The van der Waals surface area contributed by atoms with Crippen LogP contribution in [0.1, 0.15) is 12.0 Å². The van der Waals surface area contributed by atoms with Crippen molar-refractivity contribution in [3.05, 3.63) is 35.9 Å². The Morgan fingerprint density at radius 1 is 0.794 bits per heavy atom. The molecule has 1 amide bonds. The summed E-state index contributed by atoms with van der Waals surface area (Å²) in [5.41, 5.74) is 1.72. The van der Waals surface area contributed by atoms with Gasteiger partial charge >= 0.3 is 0 Å². The molecule has 1 aliphatic rings. The van der Waals surface area contributed by atoms with Gasteiger partial charge < -0.3 is 33.9 Å². The number of anilines is 1. The Kier molecular flexibility index (Phi) is 9.24. The van der Waals surface area contributed by atoms with Crippen molar-refractivity contribution in [2.24, 2.45) is 0 Å². The van der Waals surface area contributed by atoms with Crippen molar-refractivity contribution < 1.29 is 28.5 Å². The topological polar surface area (TPSA) is 81.7 Å². The zero-order valence-corrected chi connectivity index (χ0v) is 20.7. The molecule has 3 rings (SSSR count). The maximum atomic E-state index is 12.6. The average Bonchev–Trinajstić information content (AvgIpc) is 2.87. The number of benzene rings is 2. The molecule has 1 N–H and O–H groups in total. The molecule has 9 nitrogen and oxygen atoms in total. The predicted octanol–water partition coefficient (Wildman–Crippen LogP) is 2.88. The number of piperazine rings is 1. The van der Waals surface area contributed by atoms with E-state index >= 15 is 0 Å². The lowest BCUT2D eigenvalue weighted by atomic mass is 10.1. The number of nitrogens with zero attached hydrogens (tertiary/aromatic N) is 2. The van der Waals surface area contributed by atoms with Crippen molar-refractivity contribution in [2.45, 2.75) is 13.0 Å². The van der Waals surface area contributed by atoms with Crippen LogP contribution in [0.5, 0.6) is 28.7 Å². The number of ether oxygens (including phenoxy) is 5. The zero-order valence-electron chi connectivity index (χ0n) is 20.7. The van der Waals surface area contributed by atoms with E-state index in [1.165, 1.54) is 0 Å². The second kappa shape index (κ2) is 12.3. The molecule has 2 aromatic carbocycles. The highest BCUT2D eigenvalue weighted by Crippen LogP contribution is 2.40. The zero-order chi connectivity index (χ0) is 24.5. The van der Waals surface area contributed by atoms with Crippen LogP contribution >= 0.6 is 0 Å². The van der Waals surface area contributed by atoms with Gasteiger partial charge in [-0.05, 0) is 18.2 Å². The molecule has 0 aliphatic carbocycles. The molecule has 1 fully saturated rings. The van der Waals surface area contributed by atoms with E-state index in [-0.39, 0.29) is 5.91 Å². The summed E-state index contributed by atoms with van der Waals surface area (Å²) in [6.45, 7) is 5.17. The van der Waals surface area contributed by atoms with Gasteiger partial charge in [-0.2, -0.15) is 0 Å². The average molecular weight is 474 g/mol. The van der Waals surface area contributed by atoms with Crippen molar-refractivity contribution in [1.82, 2.24) is 9.80 Å². The van der Waals surface area contributed by atoms with Crippen LogP contribution in [0.25, 0.3) is 0 Å². The van der Waals surface area contributed by atoms with Gasteiger partial charge in [0.05, 0.1) is 35.5 Å². The molecule has 0 bridgehead atoms. The van der Waals surface area contributed by atoms with Crippen molar-refractivity contribution in [1.29, 1.82) is 0 Å². The molecular weight excluding hydrogens is 438 g/mol. The molecule has 0 radical (unpaired) electrons. The SMILES string of the molecule is COc1ccc(OC)c(CN2CCN(CCC(=O)Nc3cc(OC)c(OC)c(OC)c3)CC2)c1. The lowest BCUT2D eigenvalue weighted by molar-refractivity contribution is -0.116. The maximum Gasteiger partial charge on any atom is 0.225 e. The minimum Gasteiger partial charge on any atom is -0.497 e. The van der Waals surface area contributed by atoms with Gasteiger partial charge in [0.15, 0.2) is 11.5 Å². The molecule has 0 aromatic heterocycles. The van der Waals surface area contributed by atoms with E-state index in [4.69, 9.17) is 23.7 Å². The normalized spacial score (nSPS) is 14.4. The Morgan fingerprint density at radius 3 is 1.97 bits per heavy atom. The smallest absolute Gasteiger partial charge is 0.225 e. The number of carbonyl (C=O) groups excluding carboxylic acids is 1. The summed E-state index contributed by atoms with van der Waals surface area (Å²) in [6, 6.07) is 9.33. The second-order valence-corrected chi connectivity index (χ2v) is 8.01. The molecule has 0 unspecified atom stereocenters. The number of nitrogens with one attached hydrogen (secondary N) is 1. The Morgan fingerprint density at radius 2 is 1.41 bits per heavy atom. The van der Waals surface area contributed by atoms with Crippen molar-refractivity contribution in [3.8, 4) is 28.7 Å². The summed E-state index contributed by atoms with van der Waals surface area (Å²) in [6.07, 6.45) is 0.403. The highest BCUT2D eigenvalue weighted by Gasteiger charge is 2.20. The molecule has 1 heterocycles. The van der Waals surface area contributed by atoms with Crippen LogP contribution in [0.15, 0.2) is 30.3 Å². The van der Waals surface area contributed by atoms with E-state index in [2.05, 4.69) is 15.1 Å². The third-order valence-electron chi connectivity index (χ3n) is 5.95. The van der Waals surface area contributed by atoms with Gasteiger partial charge in [-0.25, -0.2) is 0 Å². The van der Waals surface area contributed by atoms with E-state index < -0.39 is 0 Å². The lowest BCUT2D eigenvalue weighted by Gasteiger charge is -2.34. The van der Waals surface area contributed by atoms with Gasteiger partial charge in [-0.3, -0.25) is 9.69 Å². The largest absolute Gasteiger partial charge is 0.497 e. The summed E-state index contributed by atoms with van der Waals surface area (Å²) in [5.74, 6) is 3.13. The van der Waals surface area contributed by atoms with E-state index in [0.717, 1.165) is 49.8 Å². The summed E-state index contributed by atoms with van der Waals surface area (Å²) >= 11 is 0. The van der Waals surface area contributed by atoms with Gasteiger partial charge in [0.1, 0.15) is 11.5 Å². The first-order chi connectivity index (χ1) is 16.5. The van der Waals surface area contributed by atoms with E-state index in [9.17, 15) is 4.79 Å². The molecular formula is C25H35N3O6. The van der Waals surface area contributed by atoms with Gasteiger partial charge in [-0.15, -0.1) is 0 Å². The van der Waals surface area contributed by atoms with Crippen LogP contribution in [0, 0.1) is 0 Å². The molecule has 1 aliphatic heterocycles. The number of rotatable bonds is 11. The first-order valence-electron chi connectivity index (χ1n) is 11.3. The van der Waals surface area contributed by atoms with Crippen molar-refractivity contribution >= 4 is 11.6 Å². The Hall–Kier alpha value is -3.17. The molecule has 9 heteroatoms. The molecule has 0 spiro atoms. The molecule has 0 saturated carbocycles. The van der Waals surface area contributed by atoms with Crippen molar-refractivity contribution in [2.75, 3.05) is 73.6 Å². The van der Waals surface area contributed by atoms with Gasteiger partial charge in [0.2, 0.25) is 11.7 Å². The van der Waals surface area contributed by atoms with Crippen LogP contribution in [0.2, 0.25) is 0 Å². The summed E-state index contributed by atoms with van der Waals surface area (Å²) in [4.78, 5) is 17.3. The fourth-order valence-corrected chi connectivity index (χ4v) is 4.05. The van der Waals surface area contributed by atoms with E-state index in [0.29, 0.717) is 35.9 Å². The van der Waals surface area contributed by atoms with Gasteiger partial charge in [0.25, 0.3) is 0 Å². The Balaban J connectivity index is 1.48. The minimum atomic E-state index is -0.0576. The standard InChI is InChI=1S/C25H35N3O6/c1-30-20-6-7-21(31-2)18(14-20)17-28-12-10-27(11-13-28)9-8-24(29)26-19-15-22(32-3)25(34-5)23(16-19)33-4/h6-7,14-16H,8-13,17H2,1-5H3,(H,26,29). The molecule has 0 atom stereocenters. The number of hydrogen-bond acceptors (Lipinski definition) is 8. The fourth-order valence-electron chi connectivity index (χ4n) is 4.05. The quantitative estimate of drug-likeness (QED) is 0.534. The monoisotopic (exact) mass is 473 g/mol. The number of carbonyl (C=O) groups is 1. The maximum absolute atomic E-state index is 12.6. The van der Waals surface area contributed by atoms with E-state index in [1.807, 2.05) is 18.2 Å². The molecule has 2 aromatic rings. The molecule has 34 heavy (non-hydrogen) atoms. The highest BCUT2D eigenvalue weighted by atomic mass is 16.5. The van der Waals surface area contributed by atoms with Crippen molar-refractivity contribution in [3.63, 3.8) is 0 Å². The van der Waals surface area contributed by atoms with E-state index in [1.54, 1.807) is 47.7 Å². The molecule has 1 saturated heterocycles. The third kappa shape index (κ3) is 6.45. The molecule has 186 valence electrons. The number of amides is 1. The predicted molar refractivity (Wildman–Crippen MR) is 131 cm³/mol. The first-order valence-corrected chi connectivity index (χ1v) is 11.3. The van der Waals surface area contributed by atoms with Gasteiger partial charge in [0, 0.05) is 69.1 Å².